The molecule has 0 bridgehead atoms. The van der Waals surface area contributed by atoms with Crippen LogP contribution in [0.2, 0.25) is 15.1 Å². The molecule has 0 spiro atoms. The van der Waals surface area contributed by atoms with Crippen molar-refractivity contribution < 1.29 is 41.8 Å². The third-order valence-electron chi connectivity index (χ3n) is 21.7. The number of hydrogen-bond donors (Lipinski definition) is 1. The lowest BCUT2D eigenvalue weighted by Crippen LogP contribution is -2.54. The van der Waals surface area contributed by atoms with Crippen LogP contribution in [0.3, 0.4) is 0 Å². The Labute approximate surface area is 748 Å². The number of hydrogen-bond acceptors (Lipinski definition) is 15. The highest BCUT2D eigenvalue weighted by Crippen LogP contribution is 2.41. The summed E-state index contributed by atoms with van der Waals surface area (Å²) in [4.78, 5) is 102. The van der Waals surface area contributed by atoms with Gasteiger partial charge in [-0.2, -0.15) is 0 Å². The van der Waals surface area contributed by atoms with Gasteiger partial charge in [0, 0.05) is 128 Å². The Morgan fingerprint density at radius 3 is 1.11 bits per heavy atom. The van der Waals surface area contributed by atoms with Crippen molar-refractivity contribution >= 4 is 97.6 Å². The summed E-state index contributed by atoms with van der Waals surface area (Å²) in [6.45, 7) is 40.3. The molecule has 12 aromatic rings. The van der Waals surface area contributed by atoms with Crippen LogP contribution in [0.1, 0.15) is 159 Å². The zero-order valence-corrected chi connectivity index (χ0v) is 76.9. The first-order valence-corrected chi connectivity index (χ1v) is 43.7. The Kier molecular flexibility index (Phi) is 29.1. The van der Waals surface area contributed by atoms with Crippen molar-refractivity contribution in [3.05, 3.63) is 268 Å². The van der Waals surface area contributed by atoms with Gasteiger partial charge in [0.05, 0.1) is 60.6 Å². The highest BCUT2D eigenvalue weighted by atomic mass is 35.5. The van der Waals surface area contributed by atoms with E-state index in [4.69, 9.17) is 59.0 Å². The summed E-state index contributed by atoms with van der Waals surface area (Å²) in [5.74, 6) is -0.780. The van der Waals surface area contributed by atoms with E-state index in [9.17, 15) is 41.9 Å². The number of carbonyl (C=O) groups is 3. The smallest absolute Gasteiger partial charge is 0.410 e. The highest BCUT2D eigenvalue weighted by molar-refractivity contribution is 6.37. The van der Waals surface area contributed by atoms with Crippen LogP contribution in [0.5, 0.6) is 0 Å². The zero-order chi connectivity index (χ0) is 91.3. The van der Waals surface area contributed by atoms with E-state index in [0.717, 1.165) is 53.1 Å². The number of anilines is 2. The molecule has 0 saturated carbocycles. The third-order valence-corrected chi connectivity index (χ3v) is 22.6. The average molecular weight is 1780 g/mol. The molecule has 0 aliphatic carbocycles. The van der Waals surface area contributed by atoms with Gasteiger partial charge in [-0.25, -0.2) is 42.5 Å². The van der Waals surface area contributed by atoms with E-state index in [2.05, 4.69) is 68.6 Å². The zero-order valence-electron chi connectivity index (χ0n) is 74.6. The molecule has 6 aromatic carbocycles. The van der Waals surface area contributed by atoms with E-state index in [1.165, 1.54) is 28.8 Å². The number of carbonyl (C=O) groups excluding carboxylic acids is 3. The van der Waals surface area contributed by atoms with E-state index in [-0.39, 0.29) is 108 Å². The number of amides is 3. The van der Waals surface area contributed by atoms with Crippen molar-refractivity contribution in [1.82, 2.24) is 48.7 Å². The predicted octanol–water partition coefficient (Wildman–Crippen LogP) is 22.0. The lowest BCUT2D eigenvalue weighted by atomic mass is 10.0. The Bertz CT molecular complexity index is 6240. The molecule has 21 nitrogen and oxygen atoms in total. The van der Waals surface area contributed by atoms with Gasteiger partial charge in [-0.05, 0) is 196 Å². The topological polar surface area (TPSA) is 212 Å². The standard InChI is InChI=1S/C33H36ClFN4O3.C33H37FN4O3.C23H17Cl2FN2O.C10H20N2O2/c1-20(2)22-11-8-10-14-27(22)39-29(40)18-28(38-16-15-37(19-21(38)3)32(41)42-33(4,5)6)24-17-25(34)30(36-31(24)39)23-12-7-9-13-26(23)35;1-21(2)23-11-8-10-14-28(23)38-30(39)19-29(37-18-17-36(20-22(37)3)32(40)41-33(4,5)6)25-15-16-27(35-31(25)38)24-12-7-9-13-26(24)34;1-13(2)14-7-4-6-10-20(14)28-21(29)12-17(24)16-11-18(25)22(27-23(16)28)15-8-3-5-9-19(15)26;1-8-7-12(6-5-11-8)9(13)14-10(2,3)4/h7-14,17-18,20-21H,15-16,19H2,1-6H3;7-16,19,21-22H,17-18,20H2,1-6H3;3-13H,1-2H3;8,11H,5-7H2,1-4H3/t21-;22-;;8-/m00.0/s1. The lowest BCUT2D eigenvalue weighted by molar-refractivity contribution is 0.0196. The van der Waals surface area contributed by atoms with Crippen LogP contribution >= 0.6 is 34.8 Å². The summed E-state index contributed by atoms with van der Waals surface area (Å²) in [6, 6.07) is 54.1. The summed E-state index contributed by atoms with van der Waals surface area (Å²) in [5.41, 5.74) is 7.24. The first-order chi connectivity index (χ1) is 59.6. The Balaban J connectivity index is 0.000000161. The average Bonchev–Trinajstić information content (AvgIpc) is 0.752. The van der Waals surface area contributed by atoms with E-state index in [0.29, 0.717) is 101 Å². The number of piperazine rings is 3. The highest BCUT2D eigenvalue weighted by Gasteiger charge is 2.36. The number of halogens is 6. The molecule has 3 aliphatic heterocycles. The van der Waals surface area contributed by atoms with E-state index >= 15 is 0 Å². The summed E-state index contributed by atoms with van der Waals surface area (Å²) in [6.07, 6.45) is -0.907. The van der Waals surface area contributed by atoms with Gasteiger partial charge in [-0.15, -0.1) is 0 Å². The monoisotopic (exact) mass is 1770 g/mol. The van der Waals surface area contributed by atoms with Crippen molar-refractivity contribution in [1.29, 1.82) is 0 Å². The van der Waals surface area contributed by atoms with E-state index < -0.39 is 28.4 Å². The number of nitrogens with one attached hydrogen (secondary N) is 1. The number of aromatic nitrogens is 6. The summed E-state index contributed by atoms with van der Waals surface area (Å²) in [5, 5.41) is 6.02. The molecule has 3 saturated heterocycles. The normalized spacial score (nSPS) is 15.7. The van der Waals surface area contributed by atoms with Crippen LogP contribution in [-0.4, -0.2) is 155 Å². The van der Waals surface area contributed by atoms with Crippen LogP contribution in [0.15, 0.2) is 202 Å². The molecular formula is C99H110Cl3F3N12O9. The van der Waals surface area contributed by atoms with Crippen LogP contribution in [0.4, 0.5) is 38.9 Å². The molecule has 0 unspecified atom stereocenters. The number of pyridine rings is 6. The predicted molar refractivity (Wildman–Crippen MR) is 500 cm³/mol. The number of benzene rings is 6. The minimum absolute atomic E-state index is 0.0797. The largest absolute Gasteiger partial charge is 0.444 e. The molecule has 3 fully saturated rings. The molecule has 27 heteroatoms. The first kappa shape index (κ1) is 93.6. The van der Waals surface area contributed by atoms with Gasteiger partial charge in [0.1, 0.15) is 51.2 Å². The number of ether oxygens (including phenoxy) is 3. The number of nitrogens with zero attached hydrogens (tertiary/aromatic N) is 11. The molecule has 1 N–H and O–H groups in total. The van der Waals surface area contributed by atoms with Gasteiger partial charge in [0.25, 0.3) is 16.7 Å². The molecule has 15 rings (SSSR count). The Morgan fingerprint density at radius 2 is 0.730 bits per heavy atom. The van der Waals surface area contributed by atoms with Crippen molar-refractivity contribution in [2.75, 3.05) is 68.7 Å². The van der Waals surface area contributed by atoms with Crippen LogP contribution in [0, 0.1) is 17.5 Å². The van der Waals surface area contributed by atoms with Gasteiger partial charge in [0.15, 0.2) is 0 Å². The van der Waals surface area contributed by atoms with Crippen LogP contribution in [-0.2, 0) is 14.2 Å². The first-order valence-electron chi connectivity index (χ1n) is 42.5. The maximum atomic E-state index is 14.9. The summed E-state index contributed by atoms with van der Waals surface area (Å²) >= 11 is 19.6. The molecule has 0 radical (unpaired) electrons. The fourth-order valence-electron chi connectivity index (χ4n) is 15.8. The molecule has 9 heterocycles. The number of para-hydroxylation sites is 3. The summed E-state index contributed by atoms with van der Waals surface area (Å²) in [7, 11) is 0. The van der Waals surface area contributed by atoms with Gasteiger partial charge >= 0.3 is 18.3 Å². The third kappa shape index (κ3) is 21.6. The van der Waals surface area contributed by atoms with Crippen LogP contribution < -0.4 is 31.8 Å². The van der Waals surface area contributed by atoms with Crippen molar-refractivity contribution in [2.45, 2.75) is 177 Å². The number of rotatable bonds is 11. The van der Waals surface area contributed by atoms with Crippen LogP contribution in [0.25, 0.3) is 83.9 Å². The molecule has 6 aromatic heterocycles. The minimum Gasteiger partial charge on any atom is -0.444 e. The fraction of sp³-hybridized carbons (Fsp3) is 0.364. The maximum Gasteiger partial charge on any atom is 0.410 e. The second-order valence-electron chi connectivity index (χ2n) is 35.8. The summed E-state index contributed by atoms with van der Waals surface area (Å²) < 4.78 is 65.4. The molecule has 662 valence electrons. The SMILES string of the molecule is CC(C)c1ccccc1-n1c(=O)cc(Cl)c2cc(Cl)c(-c3ccccc3F)nc21.CC(C)c1ccccc1-n1c(=O)cc(N2CCN(C(=O)OC(C)(C)C)C[C@@H]2C)c2cc(Cl)c(-c3ccccc3F)nc21.CC(C)c1ccccc1-n1c(=O)cc(N2CCN(C(=O)OC(C)(C)C)C[C@@H]2C)c2ccc(-c3ccccc3F)nc21.C[C@H]1CN(C(=O)OC(C)(C)C)CCN1. The maximum absolute atomic E-state index is 14.9. The van der Waals surface area contributed by atoms with Gasteiger partial charge in [-0.3, -0.25) is 28.1 Å². The molecule has 3 amide bonds. The fourth-order valence-corrected chi connectivity index (χ4v) is 16.6. The minimum atomic E-state index is -0.594. The Morgan fingerprint density at radius 1 is 0.389 bits per heavy atom. The molecule has 3 atom stereocenters. The number of fused-ring (bicyclic) bond motifs is 3. The van der Waals surface area contributed by atoms with E-state index in [1.54, 1.807) is 109 Å². The quantitative estimate of drug-likeness (QED) is 0.119. The van der Waals surface area contributed by atoms with Gasteiger partial charge < -0.3 is 44.0 Å². The Hall–Kier alpha value is -11.6. The van der Waals surface area contributed by atoms with Gasteiger partial charge in [0.2, 0.25) is 0 Å². The van der Waals surface area contributed by atoms with E-state index in [1.807, 2.05) is 155 Å². The second kappa shape index (κ2) is 39.1. The molecule has 126 heavy (non-hydrogen) atoms. The molecular weight excluding hydrogens is 1660 g/mol. The van der Waals surface area contributed by atoms with Gasteiger partial charge in [-0.1, -0.05) is 167 Å². The second-order valence-corrected chi connectivity index (χ2v) is 37.0. The lowest BCUT2D eigenvalue weighted by Gasteiger charge is -2.41. The van der Waals surface area contributed by atoms with Crippen molar-refractivity contribution in [3.63, 3.8) is 0 Å². The van der Waals surface area contributed by atoms with Crippen molar-refractivity contribution in [2.24, 2.45) is 0 Å². The molecule has 3 aliphatic rings. The van der Waals surface area contributed by atoms with Crippen molar-refractivity contribution in [3.8, 4) is 50.8 Å².